The van der Waals surface area contributed by atoms with E-state index in [0.29, 0.717) is 5.82 Å². The average molecular weight is 241 g/mol. The largest absolute Gasteiger partial charge is 0.418 e. The fraction of sp³-hybridized carbons (Fsp3) is 0.182. The van der Waals surface area contributed by atoms with Crippen LogP contribution in [0.3, 0.4) is 0 Å². The van der Waals surface area contributed by atoms with Crippen LogP contribution in [0.2, 0.25) is 0 Å². The van der Waals surface area contributed by atoms with E-state index in [1.165, 1.54) is 16.8 Å². The first-order valence-electron chi connectivity index (χ1n) is 4.90. The smallest absolute Gasteiger partial charge is 0.338 e. The van der Waals surface area contributed by atoms with Gasteiger partial charge in [-0.2, -0.15) is 18.3 Å². The molecule has 1 heterocycles. The number of rotatable bonds is 2. The first kappa shape index (κ1) is 11.5. The van der Waals surface area contributed by atoms with Crippen LogP contribution in [-0.4, -0.2) is 9.78 Å². The third kappa shape index (κ3) is 2.58. The third-order valence-electron chi connectivity index (χ3n) is 2.21. The Morgan fingerprint density at radius 3 is 2.47 bits per heavy atom. The van der Waals surface area contributed by atoms with Crippen molar-refractivity contribution in [3.63, 3.8) is 0 Å². The number of aryl methyl sites for hydroxylation is 1. The second-order valence-corrected chi connectivity index (χ2v) is 3.54. The third-order valence-corrected chi connectivity index (χ3v) is 2.21. The van der Waals surface area contributed by atoms with Gasteiger partial charge in [-0.05, 0) is 12.1 Å². The number of hydrogen-bond donors (Lipinski definition) is 1. The van der Waals surface area contributed by atoms with Crippen LogP contribution in [0.1, 0.15) is 5.56 Å². The summed E-state index contributed by atoms with van der Waals surface area (Å²) in [6, 6.07) is 6.91. The van der Waals surface area contributed by atoms with Gasteiger partial charge in [0.05, 0.1) is 11.3 Å². The van der Waals surface area contributed by atoms with Crippen molar-refractivity contribution in [1.29, 1.82) is 0 Å². The molecule has 90 valence electrons. The zero-order chi connectivity index (χ0) is 12.5. The summed E-state index contributed by atoms with van der Waals surface area (Å²) in [4.78, 5) is 0. The Bertz CT molecular complexity index is 517. The van der Waals surface area contributed by atoms with Gasteiger partial charge in [-0.15, -0.1) is 0 Å². The van der Waals surface area contributed by atoms with Gasteiger partial charge in [0.1, 0.15) is 0 Å². The number of benzene rings is 1. The van der Waals surface area contributed by atoms with Crippen LogP contribution in [0.15, 0.2) is 36.5 Å². The molecule has 0 aliphatic carbocycles. The van der Waals surface area contributed by atoms with Gasteiger partial charge in [0, 0.05) is 19.3 Å². The van der Waals surface area contributed by atoms with Gasteiger partial charge < -0.3 is 5.32 Å². The molecular weight excluding hydrogens is 231 g/mol. The van der Waals surface area contributed by atoms with Crippen molar-refractivity contribution < 1.29 is 13.2 Å². The van der Waals surface area contributed by atoms with Gasteiger partial charge in [0.2, 0.25) is 0 Å². The number of para-hydroxylation sites is 1. The summed E-state index contributed by atoms with van der Waals surface area (Å²) in [5, 5.41) is 6.62. The number of nitrogens with zero attached hydrogens (tertiary/aromatic N) is 2. The standard InChI is InChI=1S/C11H10F3N3/c1-17-7-6-10(16-17)15-9-5-3-2-4-8(9)11(12,13)14/h2-7H,1H3,(H,15,16). The summed E-state index contributed by atoms with van der Waals surface area (Å²) in [5.74, 6) is 0.379. The van der Waals surface area contributed by atoms with Crippen molar-refractivity contribution in [3.05, 3.63) is 42.1 Å². The molecule has 3 nitrogen and oxygen atoms in total. The molecule has 0 aliphatic heterocycles. The van der Waals surface area contributed by atoms with Crippen LogP contribution in [0.5, 0.6) is 0 Å². The molecule has 1 N–H and O–H groups in total. The molecule has 0 spiro atoms. The van der Waals surface area contributed by atoms with Gasteiger partial charge in [0.25, 0.3) is 0 Å². The second kappa shape index (κ2) is 4.12. The summed E-state index contributed by atoms with van der Waals surface area (Å²) < 4.78 is 39.6. The van der Waals surface area contributed by atoms with Gasteiger partial charge in [0.15, 0.2) is 5.82 Å². The lowest BCUT2D eigenvalue weighted by atomic mass is 10.1. The molecular formula is C11H10F3N3. The molecule has 0 unspecified atom stereocenters. The first-order chi connectivity index (χ1) is 7.97. The van der Waals surface area contributed by atoms with Crippen molar-refractivity contribution in [2.24, 2.45) is 7.05 Å². The van der Waals surface area contributed by atoms with Gasteiger partial charge >= 0.3 is 6.18 Å². The Morgan fingerprint density at radius 2 is 1.88 bits per heavy atom. The van der Waals surface area contributed by atoms with Crippen LogP contribution >= 0.6 is 0 Å². The van der Waals surface area contributed by atoms with E-state index in [2.05, 4.69) is 10.4 Å². The Hall–Kier alpha value is -1.98. The summed E-state index contributed by atoms with van der Waals surface area (Å²) in [6.45, 7) is 0. The van der Waals surface area contributed by atoms with E-state index >= 15 is 0 Å². The normalized spacial score (nSPS) is 11.5. The van der Waals surface area contributed by atoms with E-state index in [-0.39, 0.29) is 5.69 Å². The lowest BCUT2D eigenvalue weighted by Gasteiger charge is -2.12. The van der Waals surface area contributed by atoms with Gasteiger partial charge in [-0.3, -0.25) is 4.68 Å². The molecule has 0 saturated heterocycles. The Morgan fingerprint density at radius 1 is 1.18 bits per heavy atom. The maximum Gasteiger partial charge on any atom is 0.418 e. The molecule has 0 radical (unpaired) electrons. The predicted octanol–water partition coefficient (Wildman–Crippen LogP) is 3.18. The summed E-state index contributed by atoms with van der Waals surface area (Å²) >= 11 is 0. The average Bonchev–Trinajstić information content (AvgIpc) is 2.63. The van der Waals surface area contributed by atoms with Crippen molar-refractivity contribution in [1.82, 2.24) is 9.78 Å². The SMILES string of the molecule is Cn1ccc(Nc2ccccc2C(F)(F)F)n1. The quantitative estimate of drug-likeness (QED) is 0.875. The minimum atomic E-state index is -4.38. The maximum atomic E-state index is 12.7. The molecule has 0 saturated carbocycles. The zero-order valence-corrected chi connectivity index (χ0v) is 8.99. The number of hydrogen-bond acceptors (Lipinski definition) is 2. The minimum absolute atomic E-state index is 0.00120. The van der Waals surface area contributed by atoms with E-state index in [4.69, 9.17) is 0 Å². The molecule has 2 rings (SSSR count). The number of halogens is 3. The highest BCUT2D eigenvalue weighted by molar-refractivity contribution is 5.61. The van der Waals surface area contributed by atoms with Crippen molar-refractivity contribution in [3.8, 4) is 0 Å². The van der Waals surface area contributed by atoms with E-state index in [9.17, 15) is 13.2 Å². The highest BCUT2D eigenvalue weighted by Gasteiger charge is 2.33. The molecule has 0 atom stereocenters. The highest BCUT2D eigenvalue weighted by atomic mass is 19.4. The van der Waals surface area contributed by atoms with E-state index in [0.717, 1.165) is 6.07 Å². The number of aromatic nitrogens is 2. The molecule has 0 fully saturated rings. The number of nitrogens with one attached hydrogen (secondary N) is 1. The van der Waals surface area contributed by atoms with Gasteiger partial charge in [-0.25, -0.2) is 0 Å². The Kier molecular flexibility index (Phi) is 2.79. The van der Waals surface area contributed by atoms with Crippen molar-refractivity contribution >= 4 is 11.5 Å². The Balaban J connectivity index is 2.33. The van der Waals surface area contributed by atoms with E-state index < -0.39 is 11.7 Å². The van der Waals surface area contributed by atoms with Crippen molar-refractivity contribution in [2.75, 3.05) is 5.32 Å². The molecule has 1 aromatic carbocycles. The Labute approximate surface area is 95.9 Å². The summed E-state index contributed by atoms with van der Waals surface area (Å²) in [7, 11) is 1.70. The van der Waals surface area contributed by atoms with E-state index in [1.54, 1.807) is 25.4 Å². The highest BCUT2D eigenvalue weighted by Crippen LogP contribution is 2.35. The van der Waals surface area contributed by atoms with E-state index in [1.807, 2.05) is 0 Å². The van der Waals surface area contributed by atoms with Crippen LogP contribution in [0.4, 0.5) is 24.7 Å². The minimum Gasteiger partial charge on any atom is -0.338 e. The van der Waals surface area contributed by atoms with Crippen LogP contribution in [-0.2, 0) is 13.2 Å². The van der Waals surface area contributed by atoms with Crippen LogP contribution in [0, 0.1) is 0 Å². The molecule has 17 heavy (non-hydrogen) atoms. The second-order valence-electron chi connectivity index (χ2n) is 3.54. The first-order valence-corrected chi connectivity index (χ1v) is 4.90. The molecule has 0 bridgehead atoms. The molecule has 2 aromatic rings. The molecule has 6 heteroatoms. The fourth-order valence-electron chi connectivity index (χ4n) is 1.46. The number of anilines is 2. The predicted molar refractivity (Wildman–Crippen MR) is 57.9 cm³/mol. The molecule has 1 aromatic heterocycles. The monoisotopic (exact) mass is 241 g/mol. The van der Waals surface area contributed by atoms with Crippen molar-refractivity contribution in [2.45, 2.75) is 6.18 Å². The lowest BCUT2D eigenvalue weighted by molar-refractivity contribution is -0.136. The molecule has 0 aliphatic rings. The lowest BCUT2D eigenvalue weighted by Crippen LogP contribution is -2.08. The van der Waals surface area contributed by atoms with Crippen LogP contribution in [0.25, 0.3) is 0 Å². The summed E-state index contributed by atoms with van der Waals surface area (Å²) in [6.07, 6.45) is -2.73. The zero-order valence-electron chi connectivity index (χ0n) is 8.99. The topological polar surface area (TPSA) is 29.9 Å². The van der Waals surface area contributed by atoms with Gasteiger partial charge in [-0.1, -0.05) is 12.1 Å². The van der Waals surface area contributed by atoms with Crippen LogP contribution < -0.4 is 5.32 Å². The maximum absolute atomic E-state index is 12.7. The summed E-state index contributed by atoms with van der Waals surface area (Å²) in [5.41, 5.74) is -0.704. The fourth-order valence-corrected chi connectivity index (χ4v) is 1.46. The molecule has 0 amide bonds. The number of alkyl halides is 3.